The van der Waals surface area contributed by atoms with E-state index in [1.807, 2.05) is 0 Å². The second kappa shape index (κ2) is 8.13. The standard InChI is InChI=1S/C18H24FNO4/c1-24-14-7-5-6-13(16(14)19)8-9-15(21)20-12-18(17(22)23)10-3-2-4-11-18/h5-7H,2-4,8-12H2,1H3,(H,20,21)(H,22,23). The molecule has 0 bridgehead atoms. The van der Waals surface area contributed by atoms with E-state index in [0.29, 0.717) is 18.4 Å². The minimum Gasteiger partial charge on any atom is -0.494 e. The number of carbonyl (C=O) groups is 2. The van der Waals surface area contributed by atoms with Crippen LogP contribution in [0, 0.1) is 11.2 Å². The highest BCUT2D eigenvalue weighted by Crippen LogP contribution is 2.36. The fourth-order valence-electron chi connectivity index (χ4n) is 3.21. The van der Waals surface area contributed by atoms with Crippen molar-refractivity contribution in [3.05, 3.63) is 29.6 Å². The Morgan fingerprint density at radius 1 is 1.29 bits per heavy atom. The maximum atomic E-state index is 14.0. The molecule has 1 aromatic rings. The second-order valence-corrected chi connectivity index (χ2v) is 6.36. The van der Waals surface area contributed by atoms with Gasteiger partial charge in [0, 0.05) is 13.0 Å². The van der Waals surface area contributed by atoms with E-state index >= 15 is 0 Å². The van der Waals surface area contributed by atoms with Crippen molar-refractivity contribution >= 4 is 11.9 Å². The number of halogens is 1. The molecule has 24 heavy (non-hydrogen) atoms. The van der Waals surface area contributed by atoms with Crippen molar-refractivity contribution in [2.75, 3.05) is 13.7 Å². The molecule has 1 fully saturated rings. The summed E-state index contributed by atoms with van der Waals surface area (Å²) in [4.78, 5) is 23.6. The molecule has 6 heteroatoms. The molecule has 0 atom stereocenters. The molecule has 0 spiro atoms. The van der Waals surface area contributed by atoms with Crippen LogP contribution in [0.5, 0.6) is 5.75 Å². The lowest BCUT2D eigenvalue weighted by molar-refractivity contribution is -0.151. The van der Waals surface area contributed by atoms with Crippen molar-refractivity contribution in [2.24, 2.45) is 5.41 Å². The van der Waals surface area contributed by atoms with E-state index in [4.69, 9.17) is 4.74 Å². The number of amides is 1. The van der Waals surface area contributed by atoms with Gasteiger partial charge in [-0.3, -0.25) is 9.59 Å². The quantitative estimate of drug-likeness (QED) is 0.802. The van der Waals surface area contributed by atoms with Gasteiger partial charge in [-0.2, -0.15) is 0 Å². The third-order valence-corrected chi connectivity index (χ3v) is 4.77. The van der Waals surface area contributed by atoms with E-state index in [1.54, 1.807) is 12.1 Å². The number of hydrogen-bond acceptors (Lipinski definition) is 3. The maximum Gasteiger partial charge on any atom is 0.311 e. The first kappa shape index (κ1) is 18.2. The van der Waals surface area contributed by atoms with Crippen LogP contribution in [0.4, 0.5) is 4.39 Å². The maximum absolute atomic E-state index is 14.0. The molecule has 1 aromatic carbocycles. The van der Waals surface area contributed by atoms with E-state index in [1.165, 1.54) is 13.2 Å². The molecule has 1 saturated carbocycles. The zero-order valence-corrected chi connectivity index (χ0v) is 13.9. The second-order valence-electron chi connectivity index (χ2n) is 6.36. The van der Waals surface area contributed by atoms with Crippen molar-refractivity contribution in [3.8, 4) is 5.75 Å². The molecule has 2 N–H and O–H groups in total. The lowest BCUT2D eigenvalue weighted by atomic mass is 9.74. The van der Waals surface area contributed by atoms with Gasteiger partial charge >= 0.3 is 5.97 Å². The highest BCUT2D eigenvalue weighted by Gasteiger charge is 2.39. The monoisotopic (exact) mass is 337 g/mol. The van der Waals surface area contributed by atoms with Crippen molar-refractivity contribution in [3.63, 3.8) is 0 Å². The lowest BCUT2D eigenvalue weighted by Gasteiger charge is -2.33. The fraction of sp³-hybridized carbons (Fsp3) is 0.556. The van der Waals surface area contributed by atoms with Crippen molar-refractivity contribution in [1.82, 2.24) is 5.32 Å². The third-order valence-electron chi connectivity index (χ3n) is 4.77. The van der Waals surface area contributed by atoms with Crippen molar-refractivity contribution in [1.29, 1.82) is 0 Å². The van der Waals surface area contributed by atoms with E-state index in [2.05, 4.69) is 5.32 Å². The highest BCUT2D eigenvalue weighted by molar-refractivity contribution is 5.79. The Balaban J connectivity index is 1.88. The predicted molar refractivity (Wildman–Crippen MR) is 87.4 cm³/mol. The van der Waals surface area contributed by atoms with Gasteiger partial charge < -0.3 is 15.2 Å². The molecule has 1 aliphatic carbocycles. The Morgan fingerprint density at radius 2 is 2.00 bits per heavy atom. The van der Waals surface area contributed by atoms with Crippen LogP contribution < -0.4 is 10.1 Å². The van der Waals surface area contributed by atoms with Crippen molar-refractivity contribution < 1.29 is 23.8 Å². The predicted octanol–water partition coefficient (Wildman–Crippen LogP) is 2.92. The topological polar surface area (TPSA) is 75.6 Å². The van der Waals surface area contributed by atoms with Crippen LogP contribution in [0.2, 0.25) is 0 Å². The number of aryl methyl sites for hydroxylation is 1. The number of rotatable bonds is 7. The number of benzene rings is 1. The summed E-state index contributed by atoms with van der Waals surface area (Å²) in [5, 5.41) is 12.2. The van der Waals surface area contributed by atoms with Crippen LogP contribution >= 0.6 is 0 Å². The molecular weight excluding hydrogens is 313 g/mol. The largest absolute Gasteiger partial charge is 0.494 e. The summed E-state index contributed by atoms with van der Waals surface area (Å²) in [6.45, 7) is 0.141. The van der Waals surface area contributed by atoms with Crippen LogP contribution in [0.1, 0.15) is 44.1 Å². The summed E-state index contributed by atoms with van der Waals surface area (Å²) in [7, 11) is 1.39. The Labute approximate surface area is 141 Å². The van der Waals surface area contributed by atoms with E-state index in [9.17, 15) is 19.1 Å². The van der Waals surface area contributed by atoms with Gasteiger partial charge in [0.25, 0.3) is 0 Å². The fourth-order valence-corrected chi connectivity index (χ4v) is 3.21. The lowest BCUT2D eigenvalue weighted by Crippen LogP contribution is -2.44. The van der Waals surface area contributed by atoms with Gasteiger partial charge in [0.15, 0.2) is 11.6 Å². The molecule has 5 nitrogen and oxygen atoms in total. The minimum absolute atomic E-state index is 0.111. The molecule has 0 aliphatic heterocycles. The molecular formula is C18H24FNO4. The first-order valence-corrected chi connectivity index (χ1v) is 8.30. The number of carbonyl (C=O) groups excluding carboxylic acids is 1. The molecule has 0 radical (unpaired) electrons. The minimum atomic E-state index is -0.852. The van der Waals surface area contributed by atoms with Gasteiger partial charge in [-0.25, -0.2) is 4.39 Å². The number of methoxy groups -OCH3 is 1. The first-order chi connectivity index (χ1) is 11.5. The zero-order valence-electron chi connectivity index (χ0n) is 13.9. The Bertz CT molecular complexity index is 597. The zero-order chi connectivity index (χ0) is 17.6. The van der Waals surface area contributed by atoms with Gasteiger partial charge in [-0.1, -0.05) is 31.4 Å². The average molecular weight is 337 g/mol. The summed E-state index contributed by atoms with van der Waals surface area (Å²) in [6, 6.07) is 4.82. The molecule has 0 saturated heterocycles. The number of carboxylic acid groups (broad SMARTS) is 1. The Morgan fingerprint density at radius 3 is 2.62 bits per heavy atom. The molecule has 0 aromatic heterocycles. The van der Waals surface area contributed by atoms with Crippen LogP contribution in [-0.2, 0) is 16.0 Å². The van der Waals surface area contributed by atoms with Crippen molar-refractivity contribution in [2.45, 2.75) is 44.9 Å². The summed E-state index contributed by atoms with van der Waals surface area (Å²) < 4.78 is 19.0. The van der Waals surface area contributed by atoms with Crippen LogP contribution in [0.3, 0.4) is 0 Å². The molecule has 0 unspecified atom stereocenters. The summed E-state index contributed by atoms with van der Waals surface area (Å²) in [6.07, 6.45) is 4.32. The Hall–Kier alpha value is -2.11. The number of hydrogen-bond donors (Lipinski definition) is 2. The van der Waals surface area contributed by atoms with Gasteiger partial charge in [0.1, 0.15) is 0 Å². The SMILES string of the molecule is COc1cccc(CCC(=O)NCC2(C(=O)O)CCCCC2)c1F. The number of nitrogens with one attached hydrogen (secondary N) is 1. The number of carboxylic acids is 1. The number of ether oxygens (including phenoxy) is 1. The smallest absolute Gasteiger partial charge is 0.311 e. The van der Waals surface area contributed by atoms with Gasteiger partial charge in [-0.05, 0) is 30.9 Å². The molecule has 2 rings (SSSR count). The molecule has 0 heterocycles. The van der Waals surface area contributed by atoms with Crippen LogP contribution in [0.15, 0.2) is 18.2 Å². The molecule has 1 amide bonds. The molecule has 132 valence electrons. The third kappa shape index (κ3) is 4.24. The van der Waals surface area contributed by atoms with Gasteiger partial charge in [-0.15, -0.1) is 0 Å². The van der Waals surface area contributed by atoms with E-state index in [-0.39, 0.29) is 31.0 Å². The summed E-state index contributed by atoms with van der Waals surface area (Å²) in [5.41, 5.74) is -0.440. The van der Waals surface area contributed by atoms with Gasteiger partial charge in [0.2, 0.25) is 5.91 Å². The van der Waals surface area contributed by atoms with Gasteiger partial charge in [0.05, 0.1) is 12.5 Å². The van der Waals surface area contributed by atoms with E-state index < -0.39 is 17.2 Å². The average Bonchev–Trinajstić information content (AvgIpc) is 2.59. The normalized spacial score (nSPS) is 16.4. The summed E-state index contributed by atoms with van der Waals surface area (Å²) >= 11 is 0. The van der Waals surface area contributed by atoms with E-state index in [0.717, 1.165) is 19.3 Å². The van der Waals surface area contributed by atoms with Crippen LogP contribution in [0.25, 0.3) is 0 Å². The summed E-state index contributed by atoms with van der Waals surface area (Å²) in [5.74, 6) is -1.41. The van der Waals surface area contributed by atoms with Crippen LogP contribution in [-0.4, -0.2) is 30.6 Å². The number of aliphatic carboxylic acids is 1. The highest BCUT2D eigenvalue weighted by atomic mass is 19.1. The molecule has 1 aliphatic rings. The first-order valence-electron chi connectivity index (χ1n) is 8.30. The Kier molecular flexibility index (Phi) is 6.17.